The van der Waals surface area contributed by atoms with Gasteiger partial charge in [0.1, 0.15) is 0 Å². The summed E-state index contributed by atoms with van der Waals surface area (Å²) in [5.41, 5.74) is 13.8. The molecule has 0 saturated carbocycles. The van der Waals surface area contributed by atoms with Crippen LogP contribution in [0.2, 0.25) is 0 Å². The van der Waals surface area contributed by atoms with Crippen molar-refractivity contribution >= 4 is 34.7 Å². The van der Waals surface area contributed by atoms with Crippen LogP contribution in [-0.4, -0.2) is 85.6 Å². The number of H-pyrrole nitrogens is 1. The van der Waals surface area contributed by atoms with E-state index in [4.69, 9.17) is 0 Å². The Hall–Kier alpha value is -5.98. The number of piperidine rings is 2. The molecule has 2 fully saturated rings. The van der Waals surface area contributed by atoms with Gasteiger partial charge in [-0.25, -0.2) is 4.68 Å². The van der Waals surface area contributed by atoms with Gasteiger partial charge in [0.05, 0.1) is 6.54 Å². The van der Waals surface area contributed by atoms with Gasteiger partial charge in [-0.05, 0) is 118 Å². The highest BCUT2D eigenvalue weighted by Gasteiger charge is 2.22. The van der Waals surface area contributed by atoms with E-state index in [0.717, 1.165) is 89.3 Å². The van der Waals surface area contributed by atoms with Gasteiger partial charge in [-0.2, -0.15) is 5.21 Å². The summed E-state index contributed by atoms with van der Waals surface area (Å²) in [7, 11) is 1.89. The van der Waals surface area contributed by atoms with Crippen LogP contribution in [0.4, 0.5) is 11.4 Å². The van der Waals surface area contributed by atoms with Gasteiger partial charge in [0, 0.05) is 69.7 Å². The molecule has 4 aromatic carbocycles. The van der Waals surface area contributed by atoms with Gasteiger partial charge in [-0.1, -0.05) is 90.2 Å². The van der Waals surface area contributed by atoms with E-state index in [9.17, 15) is 0 Å². The second kappa shape index (κ2) is 17.7. The molecule has 58 heavy (non-hydrogen) atoms. The lowest BCUT2D eigenvalue weighted by Crippen LogP contribution is -2.43. The Bertz CT molecular complexity index is 2350. The predicted molar refractivity (Wildman–Crippen MR) is 231 cm³/mol. The quantitative estimate of drug-likeness (QED) is 0.141. The predicted octanol–water partition coefficient (Wildman–Crippen LogP) is 6.16. The van der Waals surface area contributed by atoms with Crippen LogP contribution >= 0.6 is 0 Å². The van der Waals surface area contributed by atoms with Gasteiger partial charge in [0.25, 0.3) is 0 Å². The first kappa shape index (κ1) is 37.6. The molecule has 0 radical (unpaired) electrons. The number of aromatic nitrogens is 8. The molecule has 2 aliphatic heterocycles. The number of tetrazole rings is 2. The zero-order valence-corrected chi connectivity index (χ0v) is 33.3. The monoisotopic (exact) mass is 772 g/mol. The molecule has 12 heteroatoms. The number of nitrogens with zero attached hydrogens (tertiary/aromatic N) is 9. The van der Waals surface area contributed by atoms with Crippen molar-refractivity contribution in [2.75, 3.05) is 42.5 Å². The average molecular weight is 773 g/mol. The third kappa shape index (κ3) is 8.93. The fraction of sp³-hybridized carbons (Fsp3) is 0.348. The van der Waals surface area contributed by atoms with Crippen molar-refractivity contribution in [2.24, 2.45) is 7.05 Å². The number of hydrogen-bond donors (Lipinski definition) is 3. The Labute approximate surface area is 340 Å². The number of rotatable bonds is 11. The average Bonchev–Trinajstić information content (AvgIpc) is 4.12. The first-order chi connectivity index (χ1) is 28.6. The van der Waals surface area contributed by atoms with Crippen LogP contribution in [0.25, 0.3) is 23.3 Å². The molecule has 0 atom stereocenters. The molecule has 0 unspecified atom stereocenters. The molecule has 0 spiro atoms. The second-order valence-corrected chi connectivity index (χ2v) is 15.8. The summed E-state index contributed by atoms with van der Waals surface area (Å²) in [6, 6.07) is 36.5. The van der Waals surface area contributed by atoms with Crippen LogP contribution in [0.1, 0.15) is 70.7 Å². The summed E-state index contributed by atoms with van der Waals surface area (Å²) < 4.78 is 1.75. The highest BCUT2D eigenvalue weighted by atomic mass is 15.5. The lowest BCUT2D eigenvalue weighted by atomic mass is 10.0. The van der Waals surface area contributed by atoms with Gasteiger partial charge in [0.15, 0.2) is 11.6 Å². The van der Waals surface area contributed by atoms with Crippen molar-refractivity contribution < 1.29 is 0 Å². The van der Waals surface area contributed by atoms with E-state index in [1.54, 1.807) is 4.68 Å². The van der Waals surface area contributed by atoms with E-state index in [1.807, 2.05) is 7.05 Å². The molecule has 3 N–H and O–H groups in total. The minimum absolute atomic E-state index is 0.505. The third-order valence-electron chi connectivity index (χ3n) is 12.1. The highest BCUT2D eigenvalue weighted by Crippen LogP contribution is 2.35. The molecule has 0 bridgehead atoms. The number of fused-ring (bicyclic) bond motifs is 2. The molecule has 2 aliphatic carbocycles. The summed E-state index contributed by atoms with van der Waals surface area (Å²) in [6.45, 7) is 5.89. The maximum Gasteiger partial charge on any atom is 0.188 e. The zero-order valence-electron chi connectivity index (χ0n) is 33.3. The van der Waals surface area contributed by atoms with E-state index in [1.165, 1.54) is 55.9 Å². The molecular weight excluding hydrogens is 721 g/mol. The molecule has 6 aromatic rings. The topological polar surface area (TPSA) is 129 Å². The fourth-order valence-corrected chi connectivity index (χ4v) is 8.76. The normalized spacial score (nSPS) is 16.7. The summed E-state index contributed by atoms with van der Waals surface area (Å²) >= 11 is 0. The standard InChI is InChI=1S/C24H28N6.C22H24N6/c1-29-24(26-27-28-29)9-12-25-22-10-13-30(14-11-22)23-8-4-7-20(17-23)21-15-18-5-2-3-6-19(18)16-21;1-2-5-17-13-19(12-16(17)4-1)18-6-3-7-21(14-18)28-10-8-20(9-11-28)23-15-22-24-26-27-25-22/h2-8,15,17,22,25H,9-14,16H2,1H3;1-7,12,14,20,23H,8-11,13,15H2,(H,24,25,26,27). The SMILES string of the molecule is C1=C(c2cccc(N3CCC(NCc4nn[nH]n4)CC3)c2)Cc2ccccc21.Cn1nnnc1CCNC1CCN(c2cccc(C3=Cc4ccccc4C3)c2)CC1. The summed E-state index contributed by atoms with van der Waals surface area (Å²) in [5, 5.41) is 33.0. The van der Waals surface area contributed by atoms with Gasteiger partial charge in [-0.15, -0.1) is 15.3 Å². The Balaban J connectivity index is 0.000000151. The van der Waals surface area contributed by atoms with Gasteiger partial charge in [0.2, 0.25) is 0 Å². The number of allylic oxidation sites excluding steroid dienone is 2. The molecule has 0 amide bonds. The number of anilines is 2. The maximum absolute atomic E-state index is 4.05. The molecule has 10 rings (SSSR count). The van der Waals surface area contributed by atoms with Crippen molar-refractivity contribution in [2.45, 2.75) is 63.6 Å². The van der Waals surface area contributed by atoms with E-state index in [-0.39, 0.29) is 0 Å². The van der Waals surface area contributed by atoms with Crippen LogP contribution in [0, 0.1) is 0 Å². The first-order valence-electron chi connectivity index (χ1n) is 20.8. The smallest absolute Gasteiger partial charge is 0.188 e. The van der Waals surface area contributed by atoms with Crippen LogP contribution in [0.5, 0.6) is 0 Å². The lowest BCUT2D eigenvalue weighted by Gasteiger charge is -2.34. The number of benzene rings is 4. The van der Waals surface area contributed by atoms with Gasteiger partial charge in [-0.3, -0.25) is 0 Å². The van der Waals surface area contributed by atoms with Crippen molar-refractivity contribution in [3.63, 3.8) is 0 Å². The van der Waals surface area contributed by atoms with Gasteiger partial charge < -0.3 is 20.4 Å². The second-order valence-electron chi connectivity index (χ2n) is 15.8. The molecule has 296 valence electrons. The van der Waals surface area contributed by atoms with E-state index >= 15 is 0 Å². The Morgan fingerprint density at radius 1 is 0.655 bits per heavy atom. The lowest BCUT2D eigenvalue weighted by molar-refractivity contribution is 0.410. The van der Waals surface area contributed by atoms with Crippen molar-refractivity contribution in [1.82, 2.24) is 51.5 Å². The fourth-order valence-electron chi connectivity index (χ4n) is 8.76. The summed E-state index contributed by atoms with van der Waals surface area (Å²) in [6.07, 6.45) is 12.2. The van der Waals surface area contributed by atoms with Crippen LogP contribution in [0.3, 0.4) is 0 Å². The molecular formula is C46H52N12. The number of nitrogens with one attached hydrogen (secondary N) is 3. The number of hydrogen-bond acceptors (Lipinski definition) is 10. The molecule has 4 heterocycles. The Morgan fingerprint density at radius 3 is 1.74 bits per heavy atom. The van der Waals surface area contributed by atoms with Gasteiger partial charge >= 0.3 is 0 Å². The first-order valence-corrected chi connectivity index (χ1v) is 20.8. The Morgan fingerprint density at radius 2 is 1.22 bits per heavy atom. The zero-order chi connectivity index (χ0) is 39.1. The van der Waals surface area contributed by atoms with Crippen LogP contribution in [0.15, 0.2) is 97.1 Å². The van der Waals surface area contributed by atoms with Crippen LogP contribution < -0.4 is 20.4 Å². The van der Waals surface area contributed by atoms with Crippen LogP contribution in [-0.2, 0) is 32.9 Å². The summed E-state index contributed by atoms with van der Waals surface area (Å²) in [4.78, 5) is 5.02. The van der Waals surface area contributed by atoms with Crippen molar-refractivity contribution in [1.29, 1.82) is 0 Å². The molecule has 2 aromatic heterocycles. The third-order valence-corrected chi connectivity index (χ3v) is 12.1. The number of aryl methyl sites for hydroxylation is 1. The maximum atomic E-state index is 4.05. The highest BCUT2D eigenvalue weighted by molar-refractivity contribution is 5.90. The van der Waals surface area contributed by atoms with E-state index in [0.29, 0.717) is 18.6 Å². The van der Waals surface area contributed by atoms with E-state index in [2.05, 4.69) is 166 Å². The number of aromatic amines is 1. The summed E-state index contributed by atoms with van der Waals surface area (Å²) in [5.74, 6) is 1.65. The minimum Gasteiger partial charge on any atom is -0.371 e. The van der Waals surface area contributed by atoms with E-state index < -0.39 is 0 Å². The Kier molecular flexibility index (Phi) is 11.4. The molecule has 4 aliphatic rings. The largest absolute Gasteiger partial charge is 0.371 e. The minimum atomic E-state index is 0.505. The van der Waals surface area contributed by atoms with Crippen molar-refractivity contribution in [3.8, 4) is 0 Å². The molecule has 2 saturated heterocycles. The van der Waals surface area contributed by atoms with Crippen molar-refractivity contribution in [3.05, 3.63) is 142 Å². The molecule has 12 nitrogen and oxygen atoms in total.